The Morgan fingerprint density at radius 2 is 1.24 bits per heavy atom. The summed E-state index contributed by atoms with van der Waals surface area (Å²) in [6.07, 6.45) is 15.7. The summed E-state index contributed by atoms with van der Waals surface area (Å²) in [5.41, 5.74) is 2.86. The predicted octanol–water partition coefficient (Wildman–Crippen LogP) is 9.26. The summed E-state index contributed by atoms with van der Waals surface area (Å²) in [5, 5.41) is 6.17. The quantitative estimate of drug-likeness (QED) is 0.0979. The van der Waals surface area contributed by atoms with Crippen molar-refractivity contribution in [3.05, 3.63) is 120 Å². The Bertz CT molecular complexity index is 3430. The van der Waals surface area contributed by atoms with Gasteiger partial charge in [-0.1, -0.05) is 18.7 Å². The summed E-state index contributed by atoms with van der Waals surface area (Å²) in [6.45, 7) is 6.42. The number of hydrogen-bond donors (Lipinski definition) is 2. The SMILES string of the molecule is C=CC(=O)N1CCC2(CC(n3c(NC(=O)c4ccc(-c5cnco5)s4)nc4c(OCC=CC(=O)N5CCC6(CC(n7c(NC(=O)c8ccc(-c9cnco9)s8)nc8c(OC)cccc87)C6)C5)cccc43)C2)C1. The lowest BCUT2D eigenvalue weighted by Gasteiger charge is -2.46. The number of rotatable bonds is 14. The van der Waals surface area contributed by atoms with Crippen LogP contribution in [0.1, 0.15) is 70.0 Å². The molecular formula is C52H48N10O8S2. The third kappa shape index (κ3) is 8.13. The van der Waals surface area contributed by atoms with E-state index in [0.29, 0.717) is 81.9 Å². The average molecular weight is 1010 g/mol. The van der Waals surface area contributed by atoms with Crippen LogP contribution in [-0.2, 0) is 9.59 Å². The Kier molecular flexibility index (Phi) is 11.4. The number of nitrogens with zero attached hydrogens (tertiary/aromatic N) is 8. The van der Waals surface area contributed by atoms with Crippen LogP contribution in [-0.4, -0.2) is 102 Å². The molecule has 0 unspecified atom stereocenters. The molecule has 72 heavy (non-hydrogen) atoms. The largest absolute Gasteiger partial charge is 0.494 e. The van der Waals surface area contributed by atoms with Crippen LogP contribution in [0.4, 0.5) is 11.9 Å². The van der Waals surface area contributed by atoms with Crippen molar-refractivity contribution >= 4 is 80.3 Å². The Hall–Kier alpha value is -7.84. The summed E-state index contributed by atoms with van der Waals surface area (Å²) in [4.78, 5) is 77.8. The molecule has 8 heterocycles. The number of anilines is 2. The molecule has 12 rings (SSSR count). The van der Waals surface area contributed by atoms with Crippen LogP contribution in [0.2, 0.25) is 0 Å². The van der Waals surface area contributed by atoms with Gasteiger partial charge >= 0.3 is 0 Å². The highest BCUT2D eigenvalue weighted by Crippen LogP contribution is 2.57. The number of fused-ring (bicyclic) bond motifs is 2. The first-order chi connectivity index (χ1) is 35.1. The summed E-state index contributed by atoms with van der Waals surface area (Å²) in [5.74, 6) is 2.44. The molecule has 4 aliphatic rings. The zero-order valence-electron chi connectivity index (χ0n) is 39.1. The lowest BCUT2D eigenvalue weighted by molar-refractivity contribution is -0.126. The minimum absolute atomic E-state index is 0.00982. The number of carbonyl (C=O) groups excluding carboxylic acids is 4. The molecule has 0 bridgehead atoms. The number of benzene rings is 2. The average Bonchev–Trinajstić information content (AvgIpc) is 4.22. The number of aromatic nitrogens is 6. The van der Waals surface area contributed by atoms with E-state index in [2.05, 4.69) is 36.3 Å². The number of hydrogen-bond acceptors (Lipinski definition) is 14. The molecule has 2 aliphatic carbocycles. The van der Waals surface area contributed by atoms with Gasteiger partial charge in [-0.3, -0.25) is 29.8 Å². The van der Waals surface area contributed by atoms with Gasteiger partial charge in [-0.2, -0.15) is 0 Å². The van der Waals surface area contributed by atoms with Crippen molar-refractivity contribution in [1.29, 1.82) is 0 Å². The Morgan fingerprint density at radius 1 is 0.722 bits per heavy atom. The number of likely N-dealkylation sites (tertiary alicyclic amines) is 2. The molecule has 2 aromatic carbocycles. The van der Waals surface area contributed by atoms with Crippen molar-refractivity contribution in [2.75, 3.05) is 50.5 Å². The van der Waals surface area contributed by atoms with Crippen molar-refractivity contribution in [1.82, 2.24) is 38.9 Å². The fraction of sp³-hybridized carbons (Fsp3) is 0.308. The summed E-state index contributed by atoms with van der Waals surface area (Å²) in [7, 11) is 1.61. The van der Waals surface area contributed by atoms with Gasteiger partial charge in [0.15, 0.2) is 24.3 Å². The minimum atomic E-state index is -0.303. The molecule has 4 fully saturated rings. The van der Waals surface area contributed by atoms with Crippen LogP contribution in [0.15, 0.2) is 119 Å². The minimum Gasteiger partial charge on any atom is -0.494 e. The fourth-order valence-electron chi connectivity index (χ4n) is 11.2. The number of thiophene rings is 2. The second-order valence-corrected chi connectivity index (χ2v) is 21.3. The highest BCUT2D eigenvalue weighted by atomic mass is 32.1. The lowest BCUT2D eigenvalue weighted by atomic mass is 9.64. The van der Waals surface area contributed by atoms with Crippen LogP contribution < -0.4 is 20.1 Å². The first-order valence-corrected chi connectivity index (χ1v) is 25.4. The van der Waals surface area contributed by atoms with E-state index in [0.717, 1.165) is 59.3 Å². The number of amides is 4. The zero-order valence-corrected chi connectivity index (χ0v) is 40.7. The normalized spacial score (nSPS) is 21.5. The van der Waals surface area contributed by atoms with E-state index < -0.39 is 0 Å². The smallest absolute Gasteiger partial charge is 0.268 e. The third-order valence-corrected chi connectivity index (χ3v) is 16.9. The van der Waals surface area contributed by atoms with Gasteiger partial charge in [0.2, 0.25) is 23.7 Å². The number of nitrogens with one attached hydrogen (secondary N) is 2. The van der Waals surface area contributed by atoms with Crippen LogP contribution in [0.25, 0.3) is 43.3 Å². The second-order valence-electron chi connectivity index (χ2n) is 19.1. The number of oxazole rings is 2. The molecule has 366 valence electrons. The standard InChI is InChI=1S/C52H48N10O8S2/c1-3-43(63)59-18-16-51(27-59)21-32(22-51)62-34-8-5-10-36(46(34)56-50(62)58-48(66)42-15-13-40(72-42)38-26-54-30-70-38)68-20-6-11-44(64)60-19-17-52(28-60)23-31(24-52)61-33-7-4-9-35(67-2)45(33)55-49(61)57-47(65)41-14-12-39(71-41)37-25-53-29-69-37/h3-15,25-26,29-32H,1,16-24,27-28H2,2H3,(H,55,57,65)(H,56,58,66). The van der Waals surface area contributed by atoms with Crippen molar-refractivity contribution in [3.63, 3.8) is 0 Å². The van der Waals surface area contributed by atoms with Gasteiger partial charge in [0, 0.05) is 44.3 Å². The lowest BCUT2D eigenvalue weighted by Crippen LogP contribution is -2.42. The van der Waals surface area contributed by atoms with E-state index in [9.17, 15) is 19.2 Å². The van der Waals surface area contributed by atoms with Crippen LogP contribution in [0.3, 0.4) is 0 Å². The highest BCUT2D eigenvalue weighted by molar-refractivity contribution is 7.17. The molecule has 18 nitrogen and oxygen atoms in total. The van der Waals surface area contributed by atoms with Gasteiger partial charge in [0.05, 0.1) is 50.0 Å². The van der Waals surface area contributed by atoms with Crippen LogP contribution >= 0.6 is 22.7 Å². The predicted molar refractivity (Wildman–Crippen MR) is 270 cm³/mol. The van der Waals surface area contributed by atoms with Gasteiger partial charge in [0.25, 0.3) is 11.8 Å². The molecule has 20 heteroatoms. The van der Waals surface area contributed by atoms with Crippen molar-refractivity contribution in [2.24, 2.45) is 10.8 Å². The molecule has 8 aromatic rings. The van der Waals surface area contributed by atoms with Crippen molar-refractivity contribution in [3.8, 4) is 32.8 Å². The molecule has 4 amide bonds. The second kappa shape index (κ2) is 18.1. The molecular weight excluding hydrogens is 957 g/mol. The van der Waals surface area contributed by atoms with E-state index in [4.69, 9.17) is 28.3 Å². The maximum atomic E-state index is 13.8. The topological polar surface area (TPSA) is 205 Å². The third-order valence-electron chi connectivity index (χ3n) is 14.7. The van der Waals surface area contributed by atoms with Crippen molar-refractivity contribution < 1.29 is 37.5 Å². The van der Waals surface area contributed by atoms with Crippen LogP contribution in [0, 0.1) is 10.8 Å². The van der Waals surface area contributed by atoms with E-state index in [1.807, 2.05) is 58.3 Å². The van der Waals surface area contributed by atoms with Gasteiger partial charge in [-0.25, -0.2) is 19.9 Å². The Morgan fingerprint density at radius 3 is 1.74 bits per heavy atom. The molecule has 6 aromatic heterocycles. The van der Waals surface area contributed by atoms with Gasteiger partial charge in [-0.15, -0.1) is 22.7 Å². The Labute approximate surface area is 420 Å². The first kappa shape index (κ1) is 45.3. The summed E-state index contributed by atoms with van der Waals surface area (Å²) in [6, 6.07) is 18.8. The first-order valence-electron chi connectivity index (χ1n) is 23.7. The van der Waals surface area contributed by atoms with Gasteiger partial charge in [0.1, 0.15) is 29.1 Å². The van der Waals surface area contributed by atoms with E-state index in [1.54, 1.807) is 43.8 Å². The van der Waals surface area contributed by atoms with E-state index >= 15 is 0 Å². The maximum absolute atomic E-state index is 13.8. The molecule has 0 atom stereocenters. The molecule has 2 N–H and O–H groups in total. The highest BCUT2D eigenvalue weighted by Gasteiger charge is 2.52. The van der Waals surface area contributed by atoms with E-state index in [1.165, 1.54) is 41.5 Å². The number of ether oxygens (including phenoxy) is 2. The number of methoxy groups -OCH3 is 1. The fourth-order valence-corrected chi connectivity index (χ4v) is 13.0. The Balaban J connectivity index is 0.714. The van der Waals surface area contributed by atoms with Gasteiger partial charge in [-0.05, 0) is 110 Å². The monoisotopic (exact) mass is 1000 g/mol. The molecule has 2 saturated carbocycles. The van der Waals surface area contributed by atoms with E-state index in [-0.39, 0.29) is 53.1 Å². The van der Waals surface area contributed by atoms with Gasteiger partial charge < -0.3 is 37.2 Å². The molecule has 2 aliphatic heterocycles. The van der Waals surface area contributed by atoms with Crippen molar-refractivity contribution in [2.45, 2.75) is 50.6 Å². The zero-order chi connectivity index (χ0) is 49.1. The summed E-state index contributed by atoms with van der Waals surface area (Å²) < 4.78 is 27.1. The number of carbonyl (C=O) groups is 4. The molecule has 2 spiro atoms. The summed E-state index contributed by atoms with van der Waals surface area (Å²) >= 11 is 2.61. The molecule has 0 radical (unpaired) electrons. The number of imidazole rings is 2. The van der Waals surface area contributed by atoms with Crippen LogP contribution in [0.5, 0.6) is 11.5 Å². The number of para-hydroxylation sites is 2. The molecule has 2 saturated heterocycles. The maximum Gasteiger partial charge on any atom is 0.268 e.